The van der Waals surface area contributed by atoms with Gasteiger partial charge in [-0.25, -0.2) is 4.39 Å². The Hall–Kier alpha value is -1.07. The maximum Gasteiger partial charge on any atom is 0.143 e. The number of rotatable bonds is 6. The van der Waals surface area contributed by atoms with Crippen molar-refractivity contribution in [2.75, 3.05) is 25.4 Å². The highest BCUT2D eigenvalue weighted by Crippen LogP contribution is 2.14. The van der Waals surface area contributed by atoms with Crippen LogP contribution in [-0.2, 0) is 0 Å². The fourth-order valence-corrected chi connectivity index (χ4v) is 2.48. The van der Waals surface area contributed by atoms with Gasteiger partial charge in [-0.15, -0.1) is 11.8 Å². The zero-order valence-electron chi connectivity index (χ0n) is 10.8. The summed E-state index contributed by atoms with van der Waals surface area (Å²) in [5, 5.41) is 12.8. The summed E-state index contributed by atoms with van der Waals surface area (Å²) in [5.74, 6) is 0.558. The topological polar surface area (TPSA) is 35.8 Å². The third-order valence-corrected chi connectivity index (χ3v) is 3.70. The Labute approximate surface area is 112 Å². The van der Waals surface area contributed by atoms with E-state index >= 15 is 0 Å². The molecular weight excluding hydrogens is 251 g/mol. The lowest BCUT2D eigenvalue weighted by molar-refractivity contribution is 0.320. The van der Waals surface area contributed by atoms with Crippen LogP contribution < -0.4 is 0 Å². The molecule has 100 valence electrons. The van der Waals surface area contributed by atoms with Gasteiger partial charge in [0.05, 0.1) is 0 Å². The van der Waals surface area contributed by atoms with Crippen LogP contribution >= 0.6 is 11.8 Å². The minimum absolute atomic E-state index is 0.288. The standard InChI is InChI=1S/C13H19FN2OS/c1-3-16(4-2)9-10-18-13(15-17)11-5-7-12(14)8-6-11/h5-8,17H,3-4,9-10H2,1-2H3/b15-13+. The number of oxime groups is 1. The van der Waals surface area contributed by atoms with E-state index in [1.807, 2.05) is 0 Å². The largest absolute Gasteiger partial charge is 0.410 e. The highest BCUT2D eigenvalue weighted by atomic mass is 32.2. The van der Waals surface area contributed by atoms with Crippen LogP contribution in [-0.4, -0.2) is 40.5 Å². The van der Waals surface area contributed by atoms with Crippen LogP contribution in [0.1, 0.15) is 19.4 Å². The number of thioether (sulfide) groups is 1. The van der Waals surface area contributed by atoms with Crippen molar-refractivity contribution in [3.05, 3.63) is 35.6 Å². The SMILES string of the molecule is CCN(CC)CCS/C(=N/O)c1ccc(F)cc1. The molecule has 5 heteroatoms. The van der Waals surface area contributed by atoms with E-state index in [4.69, 9.17) is 5.21 Å². The summed E-state index contributed by atoms with van der Waals surface area (Å²) < 4.78 is 12.8. The summed E-state index contributed by atoms with van der Waals surface area (Å²) in [4.78, 5) is 2.30. The maximum atomic E-state index is 12.8. The molecule has 0 radical (unpaired) electrons. The average Bonchev–Trinajstić information content (AvgIpc) is 2.41. The van der Waals surface area contributed by atoms with Gasteiger partial charge in [-0.1, -0.05) is 19.0 Å². The summed E-state index contributed by atoms with van der Waals surface area (Å²) in [6.07, 6.45) is 0. The van der Waals surface area contributed by atoms with Crippen LogP contribution in [0, 0.1) is 5.82 Å². The molecule has 0 aromatic heterocycles. The van der Waals surface area contributed by atoms with Crippen molar-refractivity contribution < 1.29 is 9.60 Å². The smallest absolute Gasteiger partial charge is 0.143 e. The van der Waals surface area contributed by atoms with Crippen LogP contribution in [0.5, 0.6) is 0 Å². The minimum atomic E-state index is -0.288. The molecule has 1 aromatic carbocycles. The predicted molar refractivity (Wildman–Crippen MR) is 75.0 cm³/mol. The van der Waals surface area contributed by atoms with Crippen LogP contribution in [0.3, 0.4) is 0 Å². The number of nitrogens with zero attached hydrogens (tertiary/aromatic N) is 2. The first kappa shape index (κ1) is 15.0. The van der Waals surface area contributed by atoms with E-state index in [9.17, 15) is 4.39 Å². The van der Waals surface area contributed by atoms with Gasteiger partial charge in [-0.3, -0.25) is 0 Å². The summed E-state index contributed by atoms with van der Waals surface area (Å²) in [7, 11) is 0. The molecule has 0 aliphatic rings. The predicted octanol–water partition coefficient (Wildman–Crippen LogP) is 3.04. The molecule has 0 unspecified atom stereocenters. The number of halogens is 1. The second kappa shape index (κ2) is 8.11. The molecule has 0 saturated heterocycles. The molecule has 3 nitrogen and oxygen atoms in total. The molecule has 1 aromatic rings. The van der Waals surface area contributed by atoms with E-state index < -0.39 is 0 Å². The van der Waals surface area contributed by atoms with Gasteiger partial charge in [0.25, 0.3) is 0 Å². The highest BCUT2D eigenvalue weighted by Gasteiger charge is 2.06. The molecule has 1 rings (SSSR count). The van der Waals surface area contributed by atoms with Crippen molar-refractivity contribution >= 4 is 16.8 Å². The lowest BCUT2D eigenvalue weighted by Gasteiger charge is -2.17. The van der Waals surface area contributed by atoms with Crippen molar-refractivity contribution in [2.24, 2.45) is 5.16 Å². The summed E-state index contributed by atoms with van der Waals surface area (Å²) in [5.41, 5.74) is 0.739. The lowest BCUT2D eigenvalue weighted by atomic mass is 10.2. The summed E-state index contributed by atoms with van der Waals surface area (Å²) >= 11 is 1.48. The Morgan fingerprint density at radius 1 is 1.28 bits per heavy atom. The van der Waals surface area contributed by atoms with Gasteiger partial charge < -0.3 is 10.1 Å². The number of benzene rings is 1. The zero-order chi connectivity index (χ0) is 13.4. The van der Waals surface area contributed by atoms with Gasteiger partial charge in [0.2, 0.25) is 0 Å². The van der Waals surface area contributed by atoms with Crippen molar-refractivity contribution in [1.29, 1.82) is 0 Å². The Morgan fingerprint density at radius 2 is 1.89 bits per heavy atom. The van der Waals surface area contributed by atoms with Crippen molar-refractivity contribution in [3.63, 3.8) is 0 Å². The molecule has 0 aliphatic carbocycles. The molecule has 0 heterocycles. The van der Waals surface area contributed by atoms with Gasteiger partial charge in [-0.2, -0.15) is 0 Å². The van der Waals surface area contributed by atoms with Crippen molar-refractivity contribution in [3.8, 4) is 0 Å². The number of hydrogen-bond acceptors (Lipinski definition) is 4. The van der Waals surface area contributed by atoms with E-state index in [1.54, 1.807) is 12.1 Å². The molecule has 0 atom stereocenters. The van der Waals surface area contributed by atoms with E-state index in [0.29, 0.717) is 5.04 Å². The van der Waals surface area contributed by atoms with Crippen LogP contribution in [0.25, 0.3) is 0 Å². The summed E-state index contributed by atoms with van der Waals surface area (Å²) in [6.45, 7) is 7.21. The second-order valence-electron chi connectivity index (χ2n) is 3.79. The molecule has 0 bridgehead atoms. The first-order valence-electron chi connectivity index (χ1n) is 6.04. The fourth-order valence-electron chi connectivity index (χ4n) is 1.57. The zero-order valence-corrected chi connectivity index (χ0v) is 11.6. The number of hydrogen-bond donors (Lipinski definition) is 1. The molecule has 0 fully saturated rings. The van der Waals surface area contributed by atoms with Crippen molar-refractivity contribution in [2.45, 2.75) is 13.8 Å². The average molecular weight is 270 g/mol. The summed E-state index contributed by atoms with van der Waals surface area (Å²) in [6, 6.07) is 5.97. The van der Waals surface area contributed by atoms with Gasteiger partial charge >= 0.3 is 0 Å². The third kappa shape index (κ3) is 4.66. The van der Waals surface area contributed by atoms with Gasteiger partial charge in [-0.05, 0) is 37.4 Å². The molecular formula is C13H19FN2OS. The van der Waals surface area contributed by atoms with Crippen LogP contribution in [0.4, 0.5) is 4.39 Å². The van der Waals surface area contributed by atoms with E-state index in [2.05, 4.69) is 23.9 Å². The molecule has 0 aliphatic heterocycles. The fraction of sp³-hybridized carbons (Fsp3) is 0.462. The molecule has 0 saturated carbocycles. The molecule has 0 amide bonds. The Morgan fingerprint density at radius 3 is 2.39 bits per heavy atom. The van der Waals surface area contributed by atoms with Crippen molar-refractivity contribution in [1.82, 2.24) is 4.90 Å². The van der Waals surface area contributed by atoms with Crippen LogP contribution in [0.2, 0.25) is 0 Å². The van der Waals surface area contributed by atoms with E-state index in [-0.39, 0.29) is 5.82 Å². The van der Waals surface area contributed by atoms with E-state index in [0.717, 1.165) is 31.0 Å². The maximum absolute atomic E-state index is 12.8. The molecule has 0 spiro atoms. The normalized spacial score (nSPS) is 12.1. The Balaban J connectivity index is 2.51. The second-order valence-corrected chi connectivity index (χ2v) is 4.87. The Kier molecular flexibility index (Phi) is 6.75. The highest BCUT2D eigenvalue weighted by molar-refractivity contribution is 8.14. The minimum Gasteiger partial charge on any atom is -0.410 e. The molecule has 18 heavy (non-hydrogen) atoms. The van der Waals surface area contributed by atoms with Gasteiger partial charge in [0.15, 0.2) is 0 Å². The Bertz CT molecular complexity index is 377. The van der Waals surface area contributed by atoms with Gasteiger partial charge in [0, 0.05) is 17.9 Å². The lowest BCUT2D eigenvalue weighted by Crippen LogP contribution is -2.25. The monoisotopic (exact) mass is 270 g/mol. The first-order chi connectivity index (χ1) is 8.71. The molecule has 1 N–H and O–H groups in total. The van der Waals surface area contributed by atoms with Crippen LogP contribution in [0.15, 0.2) is 29.4 Å². The first-order valence-corrected chi connectivity index (χ1v) is 7.03. The van der Waals surface area contributed by atoms with Gasteiger partial charge in [0.1, 0.15) is 10.9 Å². The van der Waals surface area contributed by atoms with E-state index in [1.165, 1.54) is 23.9 Å². The third-order valence-electron chi connectivity index (χ3n) is 2.72. The quantitative estimate of drug-likeness (QED) is 0.373.